The van der Waals surface area contributed by atoms with E-state index in [4.69, 9.17) is 0 Å². The highest BCUT2D eigenvalue weighted by Gasteiger charge is 2.31. The molecule has 0 bridgehead atoms. The Hall–Kier alpha value is -2.35. The highest BCUT2D eigenvalue weighted by molar-refractivity contribution is 8.00. The van der Waals surface area contributed by atoms with Crippen molar-refractivity contribution in [3.63, 3.8) is 0 Å². The molecule has 0 saturated carbocycles. The van der Waals surface area contributed by atoms with Crippen LogP contribution in [0.3, 0.4) is 0 Å². The van der Waals surface area contributed by atoms with Crippen molar-refractivity contribution in [2.24, 2.45) is 0 Å². The van der Waals surface area contributed by atoms with E-state index in [-0.39, 0.29) is 17.9 Å². The minimum absolute atomic E-state index is 0.0328. The van der Waals surface area contributed by atoms with Crippen LogP contribution >= 0.6 is 11.8 Å². The van der Waals surface area contributed by atoms with E-state index >= 15 is 0 Å². The normalized spacial score (nSPS) is 20.4. The van der Waals surface area contributed by atoms with Crippen LogP contribution in [0.1, 0.15) is 41.5 Å². The van der Waals surface area contributed by atoms with E-state index in [1.54, 1.807) is 6.07 Å². The van der Waals surface area contributed by atoms with Gasteiger partial charge in [-0.15, -0.1) is 11.8 Å². The topological polar surface area (TPSA) is 91.0 Å². The molecule has 124 valence electrons. The molecule has 2 N–H and O–H groups in total. The number of rotatable bonds is 2. The zero-order valence-corrected chi connectivity index (χ0v) is 13.8. The van der Waals surface area contributed by atoms with Crippen LogP contribution in [-0.4, -0.2) is 44.2 Å². The highest BCUT2D eigenvalue weighted by Crippen LogP contribution is 2.34. The van der Waals surface area contributed by atoms with Gasteiger partial charge in [0.15, 0.2) is 0 Å². The van der Waals surface area contributed by atoms with E-state index in [0.717, 1.165) is 35.7 Å². The zero-order valence-electron chi connectivity index (χ0n) is 13.0. The number of nitrogens with one attached hydrogen (secondary N) is 2. The van der Waals surface area contributed by atoms with Gasteiger partial charge in [0.25, 0.3) is 5.91 Å². The van der Waals surface area contributed by atoms with Crippen LogP contribution in [0.4, 0.5) is 5.69 Å². The first-order valence-corrected chi connectivity index (χ1v) is 8.94. The number of thioether (sulfide) groups is 1. The largest absolute Gasteiger partial charge is 0.328 e. The van der Waals surface area contributed by atoms with Crippen molar-refractivity contribution in [3.8, 4) is 0 Å². The van der Waals surface area contributed by atoms with Gasteiger partial charge in [0, 0.05) is 17.0 Å². The summed E-state index contributed by atoms with van der Waals surface area (Å²) in [6.45, 7) is 0.697. The third-order valence-electron chi connectivity index (χ3n) is 4.37. The molecule has 24 heavy (non-hydrogen) atoms. The van der Waals surface area contributed by atoms with Gasteiger partial charge in [-0.2, -0.15) is 5.10 Å². The standard InChI is InChI=1S/C16H17N5O2S/c22-14-8-24-13-5-4-10(7-11(13)19-14)16(23)21-6-2-1-3-12(21)15-17-9-18-20-15/h4-5,7,9,12H,1-3,6,8H2,(H,19,22)(H,17,18,20)/t12-/m0/s1. The predicted octanol–water partition coefficient (Wildman–Crippen LogP) is 2.22. The first-order chi connectivity index (χ1) is 11.7. The molecule has 2 amide bonds. The third-order valence-corrected chi connectivity index (χ3v) is 5.45. The Morgan fingerprint density at radius 3 is 3.08 bits per heavy atom. The van der Waals surface area contributed by atoms with Gasteiger partial charge in [0.05, 0.1) is 17.5 Å². The third kappa shape index (κ3) is 2.77. The van der Waals surface area contributed by atoms with Crippen LogP contribution < -0.4 is 5.32 Å². The summed E-state index contributed by atoms with van der Waals surface area (Å²) in [6, 6.07) is 5.43. The quantitative estimate of drug-likeness (QED) is 0.872. The lowest BCUT2D eigenvalue weighted by Gasteiger charge is -2.34. The Kier molecular flexibility index (Phi) is 3.97. The number of carbonyl (C=O) groups is 2. The first kappa shape index (κ1) is 15.2. The number of hydrogen-bond acceptors (Lipinski definition) is 5. The minimum Gasteiger partial charge on any atom is -0.328 e. The summed E-state index contributed by atoms with van der Waals surface area (Å²) in [5.74, 6) is 1.07. The number of anilines is 1. The summed E-state index contributed by atoms with van der Waals surface area (Å²) >= 11 is 1.49. The minimum atomic E-state index is -0.0752. The SMILES string of the molecule is O=C1CSc2ccc(C(=O)N3CCCC[C@H]3c3ncn[nH]3)cc2N1. The van der Waals surface area contributed by atoms with Gasteiger partial charge >= 0.3 is 0 Å². The van der Waals surface area contributed by atoms with Crippen molar-refractivity contribution in [1.29, 1.82) is 0 Å². The van der Waals surface area contributed by atoms with Crippen molar-refractivity contribution >= 4 is 29.3 Å². The molecule has 1 fully saturated rings. The van der Waals surface area contributed by atoms with Gasteiger partial charge in [-0.25, -0.2) is 4.98 Å². The number of piperidine rings is 1. The summed E-state index contributed by atoms with van der Waals surface area (Å²) in [7, 11) is 0. The number of amides is 2. The number of hydrogen-bond donors (Lipinski definition) is 2. The Bertz CT molecular complexity index is 777. The molecule has 0 unspecified atom stereocenters. The number of nitrogens with zero attached hydrogens (tertiary/aromatic N) is 3. The van der Waals surface area contributed by atoms with E-state index in [2.05, 4.69) is 20.5 Å². The van der Waals surface area contributed by atoms with Crippen LogP contribution in [0.5, 0.6) is 0 Å². The number of aromatic amines is 1. The number of H-pyrrole nitrogens is 1. The Morgan fingerprint density at radius 2 is 2.25 bits per heavy atom. The number of aromatic nitrogens is 3. The Labute approximate surface area is 143 Å². The van der Waals surface area contributed by atoms with E-state index in [1.807, 2.05) is 17.0 Å². The Balaban J connectivity index is 1.62. The smallest absolute Gasteiger partial charge is 0.254 e. The van der Waals surface area contributed by atoms with Crippen LogP contribution in [0.15, 0.2) is 29.4 Å². The second-order valence-electron chi connectivity index (χ2n) is 5.93. The molecule has 8 heteroatoms. The van der Waals surface area contributed by atoms with Crippen LogP contribution in [0.2, 0.25) is 0 Å². The molecular formula is C16H17N5O2S. The highest BCUT2D eigenvalue weighted by atomic mass is 32.2. The maximum Gasteiger partial charge on any atom is 0.254 e. The Morgan fingerprint density at radius 1 is 1.33 bits per heavy atom. The summed E-state index contributed by atoms with van der Waals surface area (Å²) < 4.78 is 0. The molecule has 0 radical (unpaired) electrons. The van der Waals surface area contributed by atoms with E-state index in [1.165, 1.54) is 18.1 Å². The van der Waals surface area contributed by atoms with Gasteiger partial charge in [0.1, 0.15) is 12.2 Å². The van der Waals surface area contributed by atoms with Crippen molar-refractivity contribution in [3.05, 3.63) is 35.9 Å². The van der Waals surface area contributed by atoms with E-state index in [9.17, 15) is 9.59 Å². The number of likely N-dealkylation sites (tertiary alicyclic amines) is 1. The van der Waals surface area contributed by atoms with Gasteiger partial charge < -0.3 is 10.2 Å². The molecule has 1 saturated heterocycles. The fraction of sp³-hybridized carbons (Fsp3) is 0.375. The van der Waals surface area contributed by atoms with Crippen molar-refractivity contribution in [2.45, 2.75) is 30.2 Å². The molecule has 1 atom stereocenters. The van der Waals surface area contributed by atoms with Crippen LogP contribution in [-0.2, 0) is 4.79 Å². The molecule has 2 aromatic rings. The van der Waals surface area contributed by atoms with Gasteiger partial charge in [-0.1, -0.05) is 0 Å². The molecule has 0 spiro atoms. The number of carbonyl (C=O) groups excluding carboxylic acids is 2. The molecule has 7 nitrogen and oxygen atoms in total. The maximum atomic E-state index is 13.0. The molecule has 2 aliphatic heterocycles. The summed E-state index contributed by atoms with van der Waals surface area (Å²) in [5.41, 5.74) is 1.30. The zero-order chi connectivity index (χ0) is 16.5. The fourth-order valence-corrected chi connectivity index (χ4v) is 4.00. The second-order valence-corrected chi connectivity index (χ2v) is 6.95. The molecule has 3 heterocycles. The van der Waals surface area contributed by atoms with Crippen LogP contribution in [0, 0.1) is 0 Å². The molecule has 1 aromatic heterocycles. The lowest BCUT2D eigenvalue weighted by molar-refractivity contribution is -0.113. The molecule has 4 rings (SSSR count). The summed E-state index contributed by atoms with van der Waals surface area (Å²) in [5, 5.41) is 9.63. The molecular weight excluding hydrogens is 326 g/mol. The number of fused-ring (bicyclic) bond motifs is 1. The van der Waals surface area contributed by atoms with Crippen LogP contribution in [0.25, 0.3) is 0 Å². The van der Waals surface area contributed by atoms with Crippen molar-refractivity contribution < 1.29 is 9.59 Å². The average molecular weight is 343 g/mol. The maximum absolute atomic E-state index is 13.0. The average Bonchev–Trinajstić information content (AvgIpc) is 3.15. The fourth-order valence-electron chi connectivity index (χ4n) is 3.22. The lowest BCUT2D eigenvalue weighted by Crippen LogP contribution is -2.39. The predicted molar refractivity (Wildman–Crippen MR) is 89.8 cm³/mol. The summed E-state index contributed by atoms with van der Waals surface area (Å²) in [4.78, 5) is 31.7. The van der Waals surface area contributed by atoms with Crippen molar-refractivity contribution in [2.75, 3.05) is 17.6 Å². The molecule has 0 aliphatic carbocycles. The second kappa shape index (κ2) is 6.27. The monoisotopic (exact) mass is 343 g/mol. The molecule has 1 aromatic carbocycles. The van der Waals surface area contributed by atoms with E-state index < -0.39 is 0 Å². The lowest BCUT2D eigenvalue weighted by atomic mass is 10.00. The van der Waals surface area contributed by atoms with Crippen molar-refractivity contribution in [1.82, 2.24) is 20.1 Å². The van der Waals surface area contributed by atoms with Gasteiger partial charge in [-0.3, -0.25) is 14.7 Å². The molecule has 2 aliphatic rings. The first-order valence-electron chi connectivity index (χ1n) is 7.95. The van der Waals surface area contributed by atoms with Gasteiger partial charge in [0.2, 0.25) is 5.91 Å². The summed E-state index contributed by atoms with van der Waals surface area (Å²) in [6.07, 6.45) is 4.39. The van der Waals surface area contributed by atoms with E-state index in [0.29, 0.717) is 17.9 Å². The van der Waals surface area contributed by atoms with Gasteiger partial charge in [-0.05, 0) is 37.5 Å². The number of benzene rings is 1.